The van der Waals surface area contributed by atoms with Gasteiger partial charge in [-0.2, -0.15) is 5.10 Å². The second-order valence-corrected chi connectivity index (χ2v) is 7.13. The molecule has 0 spiro atoms. The normalized spacial score (nSPS) is 18.9. The number of piperidine rings is 1. The molecule has 3 aromatic rings. The van der Waals surface area contributed by atoms with Crippen LogP contribution in [0.15, 0.2) is 90.0 Å². The first-order chi connectivity index (χ1) is 14.2. The third kappa shape index (κ3) is 4.76. The van der Waals surface area contributed by atoms with Crippen LogP contribution in [-0.4, -0.2) is 11.6 Å². The maximum absolute atomic E-state index is 13.1. The minimum absolute atomic E-state index is 0.108. The average molecular weight is 387 g/mol. The minimum Gasteiger partial charge on any atom is -0.302 e. The zero-order valence-corrected chi connectivity index (χ0v) is 15.9. The van der Waals surface area contributed by atoms with Crippen LogP contribution in [0.2, 0.25) is 0 Å². The van der Waals surface area contributed by atoms with Crippen LogP contribution in [-0.2, 0) is 0 Å². The molecule has 4 rings (SSSR count). The number of hydrogen-bond donors (Lipinski definition) is 2. The topological polar surface area (TPSA) is 53.5 Å². The molecule has 29 heavy (non-hydrogen) atoms. The van der Waals surface area contributed by atoms with Crippen LogP contribution >= 0.6 is 0 Å². The van der Waals surface area contributed by atoms with E-state index in [2.05, 4.69) is 40.1 Å². The summed E-state index contributed by atoms with van der Waals surface area (Å²) in [5.74, 6) is -0.717. The Hall–Kier alpha value is -3.31. The molecular weight excluding hydrogens is 365 g/mol. The molecule has 1 amide bonds. The molecule has 2 N–H and O–H groups in total. The number of benzene rings is 3. The van der Waals surface area contributed by atoms with Crippen LogP contribution in [0.25, 0.3) is 0 Å². The van der Waals surface area contributed by atoms with E-state index in [1.54, 1.807) is 0 Å². The maximum atomic E-state index is 13.1. The fourth-order valence-electron chi connectivity index (χ4n) is 3.60. The van der Waals surface area contributed by atoms with Gasteiger partial charge in [0.15, 0.2) is 0 Å². The van der Waals surface area contributed by atoms with Crippen molar-refractivity contribution in [3.8, 4) is 0 Å². The second kappa shape index (κ2) is 8.80. The van der Waals surface area contributed by atoms with Crippen LogP contribution in [0, 0.1) is 5.82 Å². The Labute approximate surface area is 169 Å². The highest BCUT2D eigenvalue weighted by atomic mass is 19.1. The number of carbonyl (C=O) groups excluding carboxylic acids is 1. The van der Waals surface area contributed by atoms with E-state index in [1.807, 2.05) is 36.4 Å². The molecule has 2 atom stereocenters. The summed E-state index contributed by atoms with van der Waals surface area (Å²) < 4.78 is 13.1. The van der Waals surface area contributed by atoms with E-state index in [0.29, 0.717) is 18.4 Å². The Morgan fingerprint density at radius 1 is 0.828 bits per heavy atom. The lowest BCUT2D eigenvalue weighted by Gasteiger charge is -2.32. The zero-order chi connectivity index (χ0) is 20.1. The number of halogens is 1. The lowest BCUT2D eigenvalue weighted by atomic mass is 9.89. The largest absolute Gasteiger partial charge is 0.302 e. The molecule has 2 unspecified atom stereocenters. The fourth-order valence-corrected chi connectivity index (χ4v) is 3.60. The first kappa shape index (κ1) is 19.0. The van der Waals surface area contributed by atoms with E-state index in [4.69, 9.17) is 0 Å². The molecule has 1 aliphatic heterocycles. The third-order valence-electron chi connectivity index (χ3n) is 5.11. The molecule has 146 valence electrons. The SMILES string of the molecule is O=C(NN=C1CC(c2ccccc2)NC(c2ccccc2)C1)c1ccc(F)cc1. The van der Waals surface area contributed by atoms with Crippen molar-refractivity contribution in [3.05, 3.63) is 107 Å². The predicted molar refractivity (Wildman–Crippen MR) is 112 cm³/mol. The summed E-state index contributed by atoms with van der Waals surface area (Å²) in [4.78, 5) is 12.3. The van der Waals surface area contributed by atoms with E-state index < -0.39 is 0 Å². The van der Waals surface area contributed by atoms with E-state index in [0.717, 1.165) is 5.71 Å². The lowest BCUT2D eigenvalue weighted by Crippen LogP contribution is -2.36. The summed E-state index contributed by atoms with van der Waals surface area (Å²) in [6, 6.07) is 26.1. The van der Waals surface area contributed by atoms with Gasteiger partial charge in [-0.3, -0.25) is 4.79 Å². The molecule has 5 heteroatoms. The Balaban J connectivity index is 1.55. The van der Waals surface area contributed by atoms with E-state index in [-0.39, 0.29) is 23.8 Å². The van der Waals surface area contributed by atoms with Crippen LogP contribution in [0.5, 0.6) is 0 Å². The smallest absolute Gasteiger partial charge is 0.271 e. The Morgan fingerprint density at radius 3 is 1.86 bits per heavy atom. The van der Waals surface area contributed by atoms with Crippen molar-refractivity contribution in [2.75, 3.05) is 0 Å². The highest BCUT2D eigenvalue weighted by molar-refractivity contribution is 5.95. The number of hydrazone groups is 1. The summed E-state index contributed by atoms with van der Waals surface area (Å²) in [7, 11) is 0. The molecule has 0 saturated carbocycles. The fraction of sp³-hybridized carbons (Fsp3) is 0.167. The number of hydrogen-bond acceptors (Lipinski definition) is 3. The molecule has 3 aromatic carbocycles. The number of nitrogens with zero attached hydrogens (tertiary/aromatic N) is 1. The highest BCUT2D eigenvalue weighted by Crippen LogP contribution is 2.31. The Bertz CT molecular complexity index is 938. The van der Waals surface area contributed by atoms with Gasteiger partial charge in [-0.05, 0) is 35.4 Å². The molecule has 1 heterocycles. The predicted octanol–water partition coefficient (Wildman–Crippen LogP) is 4.78. The van der Waals surface area contributed by atoms with Crippen LogP contribution in [0.1, 0.15) is 46.4 Å². The van der Waals surface area contributed by atoms with E-state index >= 15 is 0 Å². The van der Waals surface area contributed by atoms with Gasteiger partial charge < -0.3 is 5.32 Å². The van der Waals surface area contributed by atoms with Crippen molar-refractivity contribution in [1.82, 2.24) is 10.7 Å². The van der Waals surface area contributed by atoms with Crippen molar-refractivity contribution in [1.29, 1.82) is 0 Å². The molecular formula is C24H22FN3O. The molecule has 0 aromatic heterocycles. The summed E-state index contributed by atoms with van der Waals surface area (Å²) in [5, 5.41) is 8.12. The molecule has 0 aliphatic carbocycles. The van der Waals surface area contributed by atoms with E-state index in [9.17, 15) is 9.18 Å². The molecule has 0 bridgehead atoms. The number of amides is 1. The quantitative estimate of drug-likeness (QED) is 0.633. The van der Waals surface area contributed by atoms with Crippen LogP contribution in [0.4, 0.5) is 4.39 Å². The van der Waals surface area contributed by atoms with Crippen molar-refractivity contribution >= 4 is 11.6 Å². The molecule has 4 nitrogen and oxygen atoms in total. The monoisotopic (exact) mass is 387 g/mol. The average Bonchev–Trinajstić information content (AvgIpc) is 2.79. The van der Waals surface area contributed by atoms with Crippen molar-refractivity contribution in [2.24, 2.45) is 5.10 Å². The third-order valence-corrected chi connectivity index (χ3v) is 5.11. The Morgan fingerprint density at radius 2 is 1.34 bits per heavy atom. The molecule has 1 saturated heterocycles. The van der Waals surface area contributed by atoms with Gasteiger partial charge in [0.2, 0.25) is 0 Å². The Kier molecular flexibility index (Phi) is 5.77. The van der Waals surface area contributed by atoms with Gasteiger partial charge in [-0.15, -0.1) is 0 Å². The molecule has 1 fully saturated rings. The summed E-state index contributed by atoms with van der Waals surface area (Å²) in [6.45, 7) is 0. The van der Waals surface area contributed by atoms with Crippen molar-refractivity contribution < 1.29 is 9.18 Å². The standard InChI is InChI=1S/C24H22FN3O/c25-20-13-11-19(12-14-20)24(29)28-27-21-15-22(17-7-3-1-4-8-17)26-23(16-21)18-9-5-2-6-10-18/h1-14,22-23,26H,15-16H2,(H,28,29). The van der Waals surface area contributed by atoms with Gasteiger partial charge in [0.05, 0.1) is 0 Å². The van der Waals surface area contributed by atoms with Gasteiger partial charge in [-0.25, -0.2) is 9.82 Å². The molecule has 0 radical (unpaired) electrons. The van der Waals surface area contributed by atoms with Gasteiger partial charge >= 0.3 is 0 Å². The van der Waals surface area contributed by atoms with Gasteiger partial charge in [0.25, 0.3) is 5.91 Å². The van der Waals surface area contributed by atoms with Crippen LogP contribution in [0.3, 0.4) is 0 Å². The summed E-state index contributed by atoms with van der Waals surface area (Å²) in [6.07, 6.45) is 1.41. The first-order valence-electron chi connectivity index (χ1n) is 9.66. The summed E-state index contributed by atoms with van der Waals surface area (Å²) in [5.41, 5.74) is 6.30. The minimum atomic E-state index is -0.373. The zero-order valence-electron chi connectivity index (χ0n) is 15.9. The maximum Gasteiger partial charge on any atom is 0.271 e. The highest BCUT2D eigenvalue weighted by Gasteiger charge is 2.27. The van der Waals surface area contributed by atoms with Crippen molar-refractivity contribution in [2.45, 2.75) is 24.9 Å². The van der Waals surface area contributed by atoms with Crippen molar-refractivity contribution in [3.63, 3.8) is 0 Å². The first-order valence-corrected chi connectivity index (χ1v) is 9.66. The van der Waals surface area contributed by atoms with Gasteiger partial charge in [0.1, 0.15) is 5.82 Å². The van der Waals surface area contributed by atoms with Crippen LogP contribution < -0.4 is 10.7 Å². The number of carbonyl (C=O) groups is 1. The van der Waals surface area contributed by atoms with Gasteiger partial charge in [0, 0.05) is 36.2 Å². The van der Waals surface area contributed by atoms with Gasteiger partial charge in [-0.1, -0.05) is 60.7 Å². The van der Waals surface area contributed by atoms with E-state index in [1.165, 1.54) is 35.4 Å². The summed E-state index contributed by atoms with van der Waals surface area (Å²) >= 11 is 0. The number of nitrogens with one attached hydrogen (secondary N) is 2. The lowest BCUT2D eigenvalue weighted by molar-refractivity contribution is 0.0954. The molecule has 1 aliphatic rings. The number of rotatable bonds is 4. The second-order valence-electron chi connectivity index (χ2n) is 7.13.